The second kappa shape index (κ2) is 7.04. The lowest BCUT2D eigenvalue weighted by Crippen LogP contribution is -2.07. The zero-order valence-corrected chi connectivity index (χ0v) is 11.7. The van der Waals surface area contributed by atoms with Crippen molar-refractivity contribution in [1.82, 2.24) is 0 Å². The Kier molecular flexibility index (Phi) is 5.69. The molecule has 0 aromatic heterocycles. The smallest absolute Gasteiger partial charge is 0.305 e. The molecule has 0 fully saturated rings. The lowest BCUT2D eigenvalue weighted by atomic mass is 10.1. The summed E-state index contributed by atoms with van der Waals surface area (Å²) in [5, 5.41) is 0. The molecule has 0 heterocycles. The molecular formula is C15H22O3. The number of esters is 1. The predicted octanol–water partition coefficient (Wildman–Crippen LogP) is 3.33. The van der Waals surface area contributed by atoms with E-state index in [1.165, 1.54) is 11.1 Å². The molecule has 3 nitrogen and oxygen atoms in total. The van der Waals surface area contributed by atoms with E-state index in [-0.39, 0.29) is 5.97 Å². The van der Waals surface area contributed by atoms with Gasteiger partial charge in [-0.05, 0) is 56.9 Å². The minimum absolute atomic E-state index is 0.154. The maximum atomic E-state index is 11.2. The van der Waals surface area contributed by atoms with Crippen LogP contribution in [0, 0.1) is 20.8 Å². The van der Waals surface area contributed by atoms with Crippen molar-refractivity contribution in [2.45, 2.75) is 40.5 Å². The van der Waals surface area contributed by atoms with Crippen molar-refractivity contribution < 1.29 is 14.3 Å². The third-order valence-corrected chi connectivity index (χ3v) is 2.85. The van der Waals surface area contributed by atoms with Gasteiger partial charge in [0.05, 0.1) is 13.2 Å². The number of carbonyl (C=O) groups excluding carboxylic acids is 1. The summed E-state index contributed by atoms with van der Waals surface area (Å²) >= 11 is 0. The molecule has 0 aliphatic heterocycles. The lowest BCUT2D eigenvalue weighted by Gasteiger charge is -2.12. The molecule has 0 saturated heterocycles. The summed E-state index contributed by atoms with van der Waals surface area (Å²) in [6.07, 6.45) is 1.10. The Hall–Kier alpha value is -1.51. The average Bonchev–Trinajstić information content (AvgIpc) is 2.31. The van der Waals surface area contributed by atoms with Crippen molar-refractivity contribution in [3.05, 3.63) is 28.8 Å². The molecule has 100 valence electrons. The summed E-state index contributed by atoms with van der Waals surface area (Å²) in [6, 6.07) is 4.17. The second-order valence-electron chi connectivity index (χ2n) is 4.46. The van der Waals surface area contributed by atoms with E-state index >= 15 is 0 Å². The van der Waals surface area contributed by atoms with Gasteiger partial charge < -0.3 is 9.47 Å². The van der Waals surface area contributed by atoms with E-state index in [0.717, 1.165) is 11.3 Å². The normalized spacial score (nSPS) is 10.2. The zero-order chi connectivity index (χ0) is 13.5. The van der Waals surface area contributed by atoms with E-state index in [1.807, 2.05) is 13.0 Å². The molecule has 18 heavy (non-hydrogen) atoms. The summed E-state index contributed by atoms with van der Waals surface area (Å²) < 4.78 is 10.6. The summed E-state index contributed by atoms with van der Waals surface area (Å²) in [6.45, 7) is 8.98. The molecule has 1 rings (SSSR count). The largest absolute Gasteiger partial charge is 0.493 e. The van der Waals surface area contributed by atoms with Crippen LogP contribution in [-0.4, -0.2) is 19.2 Å². The molecule has 0 bridgehead atoms. The molecule has 1 aromatic carbocycles. The molecule has 0 saturated carbocycles. The quantitative estimate of drug-likeness (QED) is 0.574. The standard InChI is InChI=1S/C15H22O3/c1-5-17-15(16)7-6-8-18-14-10-11(2)9-12(3)13(14)4/h9-10H,5-8H2,1-4H3. The SMILES string of the molecule is CCOC(=O)CCCOc1cc(C)cc(C)c1C. The number of carbonyl (C=O) groups is 1. The first-order valence-corrected chi connectivity index (χ1v) is 6.41. The van der Waals surface area contributed by atoms with Gasteiger partial charge in [0.25, 0.3) is 0 Å². The number of aryl methyl sites for hydroxylation is 2. The van der Waals surface area contributed by atoms with Crippen LogP contribution >= 0.6 is 0 Å². The third-order valence-electron chi connectivity index (χ3n) is 2.85. The fourth-order valence-corrected chi connectivity index (χ4v) is 1.78. The monoisotopic (exact) mass is 250 g/mol. The Morgan fingerprint density at radius 3 is 2.61 bits per heavy atom. The Bertz CT molecular complexity index is 410. The first-order chi connectivity index (χ1) is 8.54. The van der Waals surface area contributed by atoms with Crippen LogP contribution in [0.2, 0.25) is 0 Å². The van der Waals surface area contributed by atoms with Gasteiger partial charge in [-0.3, -0.25) is 4.79 Å². The summed E-state index contributed by atoms with van der Waals surface area (Å²) in [7, 11) is 0. The van der Waals surface area contributed by atoms with Crippen LogP contribution in [0.1, 0.15) is 36.5 Å². The van der Waals surface area contributed by atoms with Gasteiger partial charge in [0.15, 0.2) is 0 Å². The number of hydrogen-bond acceptors (Lipinski definition) is 3. The highest BCUT2D eigenvalue weighted by Crippen LogP contribution is 2.23. The molecule has 0 atom stereocenters. The number of ether oxygens (including phenoxy) is 2. The Labute approximate surface area is 109 Å². The van der Waals surface area contributed by atoms with Gasteiger partial charge in [0.2, 0.25) is 0 Å². The molecule has 1 aromatic rings. The summed E-state index contributed by atoms with van der Waals surface area (Å²) in [5.74, 6) is 0.759. The summed E-state index contributed by atoms with van der Waals surface area (Å²) in [5.41, 5.74) is 3.59. The van der Waals surface area contributed by atoms with E-state index in [2.05, 4.69) is 26.8 Å². The highest BCUT2D eigenvalue weighted by molar-refractivity contribution is 5.69. The van der Waals surface area contributed by atoms with Crippen LogP contribution in [0.3, 0.4) is 0 Å². The van der Waals surface area contributed by atoms with Crippen molar-refractivity contribution in [1.29, 1.82) is 0 Å². The maximum absolute atomic E-state index is 11.2. The minimum atomic E-state index is -0.154. The van der Waals surface area contributed by atoms with Crippen molar-refractivity contribution in [3.63, 3.8) is 0 Å². The van der Waals surface area contributed by atoms with E-state index < -0.39 is 0 Å². The minimum Gasteiger partial charge on any atom is -0.493 e. The van der Waals surface area contributed by atoms with Crippen molar-refractivity contribution in [3.8, 4) is 5.75 Å². The van der Waals surface area contributed by atoms with Crippen molar-refractivity contribution in [2.75, 3.05) is 13.2 Å². The van der Waals surface area contributed by atoms with E-state index in [9.17, 15) is 4.79 Å². The average molecular weight is 250 g/mol. The highest BCUT2D eigenvalue weighted by atomic mass is 16.5. The molecule has 0 radical (unpaired) electrons. The molecule has 0 aliphatic carbocycles. The Balaban J connectivity index is 2.42. The number of benzene rings is 1. The zero-order valence-electron chi connectivity index (χ0n) is 11.7. The first-order valence-electron chi connectivity index (χ1n) is 6.41. The fourth-order valence-electron chi connectivity index (χ4n) is 1.78. The second-order valence-corrected chi connectivity index (χ2v) is 4.46. The number of hydrogen-bond donors (Lipinski definition) is 0. The van der Waals surface area contributed by atoms with Crippen LogP contribution in [0.15, 0.2) is 12.1 Å². The van der Waals surface area contributed by atoms with Gasteiger partial charge in [0.1, 0.15) is 5.75 Å². The van der Waals surface area contributed by atoms with Gasteiger partial charge in [0, 0.05) is 6.42 Å². The van der Waals surface area contributed by atoms with Crippen molar-refractivity contribution in [2.24, 2.45) is 0 Å². The van der Waals surface area contributed by atoms with Gasteiger partial charge in [-0.15, -0.1) is 0 Å². The van der Waals surface area contributed by atoms with Crippen LogP contribution < -0.4 is 4.74 Å². The molecule has 0 amide bonds. The van der Waals surface area contributed by atoms with Crippen molar-refractivity contribution >= 4 is 5.97 Å². The Morgan fingerprint density at radius 1 is 1.22 bits per heavy atom. The van der Waals surface area contributed by atoms with Crippen LogP contribution in [0.4, 0.5) is 0 Å². The maximum Gasteiger partial charge on any atom is 0.305 e. The highest BCUT2D eigenvalue weighted by Gasteiger charge is 2.05. The van der Waals surface area contributed by atoms with Crippen LogP contribution in [0.5, 0.6) is 5.75 Å². The summed E-state index contributed by atoms with van der Waals surface area (Å²) in [4.78, 5) is 11.2. The third kappa shape index (κ3) is 4.40. The predicted molar refractivity (Wildman–Crippen MR) is 72.0 cm³/mol. The van der Waals surface area contributed by atoms with Crippen LogP contribution in [-0.2, 0) is 9.53 Å². The molecular weight excluding hydrogens is 228 g/mol. The van der Waals surface area contributed by atoms with Gasteiger partial charge in [-0.2, -0.15) is 0 Å². The number of rotatable bonds is 6. The molecule has 0 aliphatic rings. The van der Waals surface area contributed by atoms with Gasteiger partial charge in [-0.25, -0.2) is 0 Å². The van der Waals surface area contributed by atoms with Crippen LogP contribution in [0.25, 0.3) is 0 Å². The Morgan fingerprint density at radius 2 is 1.94 bits per heavy atom. The molecule has 0 spiro atoms. The van der Waals surface area contributed by atoms with E-state index in [1.54, 1.807) is 0 Å². The molecule has 3 heteroatoms. The first kappa shape index (κ1) is 14.6. The van der Waals surface area contributed by atoms with E-state index in [4.69, 9.17) is 9.47 Å². The van der Waals surface area contributed by atoms with Gasteiger partial charge >= 0.3 is 5.97 Å². The molecule has 0 N–H and O–H groups in total. The molecule has 0 unspecified atom stereocenters. The lowest BCUT2D eigenvalue weighted by molar-refractivity contribution is -0.143. The van der Waals surface area contributed by atoms with Gasteiger partial charge in [-0.1, -0.05) is 6.07 Å². The van der Waals surface area contributed by atoms with E-state index in [0.29, 0.717) is 26.1 Å². The fraction of sp³-hybridized carbons (Fsp3) is 0.533. The topological polar surface area (TPSA) is 35.5 Å².